The van der Waals surface area contributed by atoms with Crippen LogP contribution in [0.1, 0.15) is 34.0 Å². The monoisotopic (exact) mass is 192 g/mol. The van der Waals surface area contributed by atoms with Crippen LogP contribution in [0.2, 0.25) is 0 Å². The fourth-order valence-corrected chi connectivity index (χ4v) is 1.90. The van der Waals surface area contributed by atoms with Gasteiger partial charge in [-0.15, -0.1) is 0 Å². The first-order valence-electron chi connectivity index (χ1n) is 4.60. The highest BCUT2D eigenvalue weighted by molar-refractivity contribution is 5.80. The van der Waals surface area contributed by atoms with Gasteiger partial charge in [0.25, 0.3) is 0 Å². The van der Waals surface area contributed by atoms with E-state index >= 15 is 0 Å². The predicted octanol–water partition coefficient (Wildman–Crippen LogP) is 1.49. The van der Waals surface area contributed by atoms with Crippen LogP contribution in [0.3, 0.4) is 0 Å². The van der Waals surface area contributed by atoms with Crippen LogP contribution in [-0.4, -0.2) is 18.5 Å². The number of fused-ring (bicyclic) bond motifs is 1. The zero-order valence-corrected chi connectivity index (χ0v) is 7.99. The van der Waals surface area contributed by atoms with Gasteiger partial charge >= 0.3 is 0 Å². The van der Waals surface area contributed by atoms with E-state index in [2.05, 4.69) is 0 Å². The fourth-order valence-electron chi connectivity index (χ4n) is 1.90. The molecular formula is C11H12O3. The van der Waals surface area contributed by atoms with Crippen LogP contribution in [0.5, 0.6) is 5.75 Å². The number of benzene rings is 1. The maximum absolute atomic E-state index is 10.7. The third-order valence-corrected chi connectivity index (χ3v) is 2.66. The van der Waals surface area contributed by atoms with Gasteiger partial charge in [-0.3, -0.25) is 4.79 Å². The summed E-state index contributed by atoms with van der Waals surface area (Å²) < 4.78 is 5.08. The Bertz CT molecular complexity index is 371. The Hall–Kier alpha value is -1.35. The van der Waals surface area contributed by atoms with E-state index < -0.39 is 6.10 Å². The van der Waals surface area contributed by atoms with Crippen LogP contribution in [0.15, 0.2) is 12.1 Å². The van der Waals surface area contributed by atoms with Gasteiger partial charge < -0.3 is 9.84 Å². The molecule has 0 bridgehead atoms. The summed E-state index contributed by atoms with van der Waals surface area (Å²) in [5.74, 6) is 0.591. The maximum atomic E-state index is 10.7. The molecule has 74 valence electrons. The molecule has 2 rings (SSSR count). The highest BCUT2D eigenvalue weighted by Crippen LogP contribution is 2.34. The van der Waals surface area contributed by atoms with Crippen LogP contribution in [0, 0.1) is 0 Å². The summed E-state index contributed by atoms with van der Waals surface area (Å²) >= 11 is 0. The lowest BCUT2D eigenvalue weighted by molar-refractivity contribution is 0.112. The smallest absolute Gasteiger partial charge is 0.153 e. The van der Waals surface area contributed by atoms with Gasteiger partial charge in [-0.05, 0) is 36.1 Å². The number of aldehydes is 1. The van der Waals surface area contributed by atoms with Crippen molar-refractivity contribution < 1.29 is 14.6 Å². The van der Waals surface area contributed by atoms with E-state index in [0.29, 0.717) is 11.3 Å². The molecule has 0 saturated carbocycles. The number of carbonyl (C=O) groups is 1. The number of aliphatic hydroxyl groups is 1. The Morgan fingerprint density at radius 1 is 1.57 bits per heavy atom. The molecule has 0 amide bonds. The van der Waals surface area contributed by atoms with Crippen molar-refractivity contribution in [3.8, 4) is 5.75 Å². The van der Waals surface area contributed by atoms with E-state index in [9.17, 15) is 9.90 Å². The average molecular weight is 192 g/mol. The molecule has 1 unspecified atom stereocenters. The van der Waals surface area contributed by atoms with Crippen molar-refractivity contribution in [1.29, 1.82) is 0 Å². The minimum atomic E-state index is -0.422. The molecule has 0 fully saturated rings. The van der Waals surface area contributed by atoms with Crippen molar-refractivity contribution in [3.05, 3.63) is 28.8 Å². The Morgan fingerprint density at radius 2 is 2.36 bits per heavy atom. The maximum Gasteiger partial charge on any atom is 0.153 e. The van der Waals surface area contributed by atoms with Crippen molar-refractivity contribution in [2.24, 2.45) is 0 Å². The van der Waals surface area contributed by atoms with Crippen LogP contribution in [-0.2, 0) is 6.42 Å². The highest BCUT2D eigenvalue weighted by atomic mass is 16.5. The van der Waals surface area contributed by atoms with Crippen LogP contribution >= 0.6 is 0 Å². The molecule has 0 radical (unpaired) electrons. The van der Waals surface area contributed by atoms with Crippen LogP contribution < -0.4 is 4.74 Å². The molecular weight excluding hydrogens is 180 g/mol. The summed E-state index contributed by atoms with van der Waals surface area (Å²) in [7, 11) is 1.54. The van der Waals surface area contributed by atoms with Crippen LogP contribution in [0.4, 0.5) is 0 Å². The third kappa shape index (κ3) is 1.30. The molecule has 1 N–H and O–H groups in total. The number of hydrogen-bond acceptors (Lipinski definition) is 3. The number of hydrogen-bond donors (Lipinski definition) is 1. The van der Waals surface area contributed by atoms with Gasteiger partial charge in [0.2, 0.25) is 0 Å². The van der Waals surface area contributed by atoms with Gasteiger partial charge in [-0.1, -0.05) is 0 Å². The third-order valence-electron chi connectivity index (χ3n) is 2.66. The Labute approximate surface area is 82.3 Å². The minimum absolute atomic E-state index is 0.422. The topological polar surface area (TPSA) is 46.5 Å². The van der Waals surface area contributed by atoms with Gasteiger partial charge in [0, 0.05) is 0 Å². The molecule has 1 atom stereocenters. The first-order chi connectivity index (χ1) is 6.76. The summed E-state index contributed by atoms with van der Waals surface area (Å²) in [6, 6.07) is 3.56. The molecule has 0 aliphatic heterocycles. The lowest BCUT2D eigenvalue weighted by Gasteiger charge is -2.08. The summed E-state index contributed by atoms with van der Waals surface area (Å²) in [6.45, 7) is 0. The number of carbonyl (C=O) groups excluding carboxylic acids is 1. The van der Waals surface area contributed by atoms with Crippen molar-refractivity contribution in [3.63, 3.8) is 0 Å². The normalized spacial score (nSPS) is 19.1. The van der Waals surface area contributed by atoms with E-state index in [0.717, 1.165) is 30.3 Å². The Kier molecular flexibility index (Phi) is 2.25. The Morgan fingerprint density at radius 3 is 3.00 bits per heavy atom. The van der Waals surface area contributed by atoms with Gasteiger partial charge in [-0.25, -0.2) is 0 Å². The lowest BCUT2D eigenvalue weighted by Crippen LogP contribution is -1.96. The van der Waals surface area contributed by atoms with Crippen LogP contribution in [0.25, 0.3) is 0 Å². The molecule has 14 heavy (non-hydrogen) atoms. The number of aliphatic hydroxyl groups excluding tert-OH is 1. The SMILES string of the molecule is COc1cc2c(cc1C=O)C(O)CC2. The molecule has 1 aromatic rings. The summed E-state index contributed by atoms with van der Waals surface area (Å²) in [4.78, 5) is 10.7. The van der Waals surface area contributed by atoms with Gasteiger partial charge in [0.05, 0.1) is 18.8 Å². The largest absolute Gasteiger partial charge is 0.496 e. The predicted molar refractivity (Wildman–Crippen MR) is 51.7 cm³/mol. The van der Waals surface area contributed by atoms with E-state index in [1.165, 1.54) is 0 Å². The second kappa shape index (κ2) is 3.42. The van der Waals surface area contributed by atoms with E-state index in [4.69, 9.17) is 4.74 Å². The second-order valence-corrected chi connectivity index (χ2v) is 3.47. The number of ether oxygens (including phenoxy) is 1. The summed E-state index contributed by atoms with van der Waals surface area (Å²) in [6.07, 6.45) is 1.92. The molecule has 1 aliphatic rings. The number of aryl methyl sites for hydroxylation is 1. The first-order valence-corrected chi connectivity index (χ1v) is 4.60. The minimum Gasteiger partial charge on any atom is -0.496 e. The number of methoxy groups -OCH3 is 1. The highest BCUT2D eigenvalue weighted by Gasteiger charge is 2.22. The van der Waals surface area contributed by atoms with Crippen molar-refractivity contribution in [1.82, 2.24) is 0 Å². The molecule has 1 aliphatic carbocycles. The molecule has 0 saturated heterocycles. The molecule has 3 heteroatoms. The average Bonchev–Trinajstić information content (AvgIpc) is 2.58. The summed E-state index contributed by atoms with van der Waals surface area (Å²) in [5, 5.41) is 9.61. The molecule has 0 spiro atoms. The van der Waals surface area contributed by atoms with Gasteiger partial charge in [-0.2, -0.15) is 0 Å². The standard InChI is InChI=1S/C11H12O3/c1-14-11-5-7-2-3-10(13)9(7)4-8(11)6-12/h4-6,10,13H,2-3H2,1H3. The van der Waals surface area contributed by atoms with Gasteiger partial charge in [0.1, 0.15) is 5.75 Å². The van der Waals surface area contributed by atoms with Gasteiger partial charge in [0.15, 0.2) is 6.29 Å². The van der Waals surface area contributed by atoms with Crippen molar-refractivity contribution in [2.45, 2.75) is 18.9 Å². The second-order valence-electron chi connectivity index (χ2n) is 3.47. The zero-order valence-electron chi connectivity index (χ0n) is 7.99. The Balaban J connectivity index is 2.54. The fraction of sp³-hybridized carbons (Fsp3) is 0.364. The molecule has 0 heterocycles. The van der Waals surface area contributed by atoms with E-state index in [1.54, 1.807) is 13.2 Å². The zero-order chi connectivity index (χ0) is 10.1. The van der Waals surface area contributed by atoms with Crippen molar-refractivity contribution in [2.75, 3.05) is 7.11 Å². The molecule has 0 aromatic heterocycles. The van der Waals surface area contributed by atoms with Crippen molar-refractivity contribution >= 4 is 6.29 Å². The number of rotatable bonds is 2. The molecule has 3 nitrogen and oxygen atoms in total. The summed E-state index contributed by atoms with van der Waals surface area (Å²) in [5.41, 5.74) is 2.46. The van der Waals surface area contributed by atoms with E-state index in [-0.39, 0.29) is 0 Å². The lowest BCUT2D eigenvalue weighted by atomic mass is 10.1. The molecule has 1 aromatic carbocycles. The first kappa shape index (κ1) is 9.21. The quantitative estimate of drug-likeness (QED) is 0.722. The van der Waals surface area contributed by atoms with E-state index in [1.807, 2.05) is 6.07 Å².